The number of thiophene rings is 1. The number of nitrogens with zero attached hydrogens (tertiary/aromatic N) is 3. The van der Waals surface area contributed by atoms with Crippen molar-refractivity contribution in [2.24, 2.45) is 5.10 Å². The zero-order valence-corrected chi connectivity index (χ0v) is 17.6. The molecule has 1 aliphatic rings. The first-order valence-corrected chi connectivity index (χ1v) is 11.5. The van der Waals surface area contributed by atoms with Crippen LogP contribution in [0.15, 0.2) is 11.2 Å². The topological polar surface area (TPSA) is 93.4 Å². The molecule has 3 heterocycles. The van der Waals surface area contributed by atoms with E-state index in [4.69, 9.17) is 0 Å². The Kier molecular flexibility index (Phi) is 5.53. The molecule has 2 aromatic rings. The fraction of sp³-hybridized carbons (Fsp3) is 0.500. The van der Waals surface area contributed by atoms with Crippen molar-refractivity contribution in [2.75, 3.05) is 11.5 Å². The van der Waals surface area contributed by atoms with Gasteiger partial charge < -0.3 is 0 Å². The predicted octanol–water partition coefficient (Wildman–Crippen LogP) is 2.56. The van der Waals surface area contributed by atoms with E-state index < -0.39 is 9.84 Å². The molecular formula is C18H24N4O3S2. The number of amides is 1. The Balaban J connectivity index is 1.73. The average molecular weight is 409 g/mol. The molecule has 1 amide bonds. The van der Waals surface area contributed by atoms with Gasteiger partial charge in [-0.2, -0.15) is 10.2 Å². The number of rotatable bonds is 5. The first-order chi connectivity index (χ1) is 12.7. The molecule has 146 valence electrons. The second-order valence-corrected chi connectivity index (χ2v) is 10.2. The zero-order chi connectivity index (χ0) is 19.8. The molecule has 1 N–H and O–H groups in total. The Hall–Kier alpha value is -2.00. The lowest BCUT2D eigenvalue weighted by Gasteiger charge is -2.10. The molecule has 0 aliphatic carbocycles. The van der Waals surface area contributed by atoms with E-state index in [0.29, 0.717) is 11.3 Å². The van der Waals surface area contributed by atoms with E-state index in [1.165, 1.54) is 16.2 Å². The summed E-state index contributed by atoms with van der Waals surface area (Å²) >= 11 is 1.48. The van der Waals surface area contributed by atoms with Crippen molar-refractivity contribution < 1.29 is 13.2 Å². The third-order valence-electron chi connectivity index (χ3n) is 4.86. The molecular weight excluding hydrogens is 384 g/mol. The molecule has 0 unspecified atom stereocenters. The number of hydrazone groups is 1. The molecule has 0 spiro atoms. The van der Waals surface area contributed by atoms with Crippen molar-refractivity contribution in [3.05, 3.63) is 38.3 Å². The van der Waals surface area contributed by atoms with Gasteiger partial charge in [0.05, 0.1) is 34.3 Å². The quantitative estimate of drug-likeness (QED) is 0.608. The van der Waals surface area contributed by atoms with Gasteiger partial charge >= 0.3 is 0 Å². The maximum Gasteiger partial charge on any atom is 0.281 e. The van der Waals surface area contributed by atoms with Crippen molar-refractivity contribution in [1.82, 2.24) is 15.2 Å². The monoisotopic (exact) mass is 408 g/mol. The summed E-state index contributed by atoms with van der Waals surface area (Å²) in [4.78, 5) is 14.1. The van der Waals surface area contributed by atoms with Crippen molar-refractivity contribution in [2.45, 2.75) is 46.6 Å². The summed E-state index contributed by atoms with van der Waals surface area (Å²) in [6.45, 7) is 7.81. The van der Waals surface area contributed by atoms with E-state index >= 15 is 0 Å². The van der Waals surface area contributed by atoms with Crippen molar-refractivity contribution in [3.63, 3.8) is 0 Å². The van der Waals surface area contributed by atoms with Crippen LogP contribution in [0.3, 0.4) is 0 Å². The molecule has 1 aliphatic heterocycles. The van der Waals surface area contributed by atoms with Crippen LogP contribution in [-0.4, -0.2) is 41.8 Å². The van der Waals surface area contributed by atoms with Crippen LogP contribution in [0.25, 0.3) is 0 Å². The second kappa shape index (κ2) is 7.55. The van der Waals surface area contributed by atoms with Crippen LogP contribution in [0, 0.1) is 20.8 Å². The molecule has 0 radical (unpaired) electrons. The van der Waals surface area contributed by atoms with E-state index in [2.05, 4.69) is 22.5 Å². The van der Waals surface area contributed by atoms with Crippen LogP contribution in [0.2, 0.25) is 0 Å². The van der Waals surface area contributed by atoms with Crippen LogP contribution in [0.1, 0.15) is 56.4 Å². The Labute approximate surface area is 163 Å². The van der Waals surface area contributed by atoms with Gasteiger partial charge in [0, 0.05) is 16.1 Å². The molecule has 27 heavy (non-hydrogen) atoms. The van der Waals surface area contributed by atoms with E-state index in [1.54, 1.807) is 10.9 Å². The number of sulfone groups is 1. The number of carbonyl (C=O) groups is 1. The molecule has 1 fully saturated rings. The van der Waals surface area contributed by atoms with Gasteiger partial charge in [-0.3, -0.25) is 9.48 Å². The van der Waals surface area contributed by atoms with Crippen LogP contribution < -0.4 is 5.43 Å². The minimum absolute atomic E-state index is 0.125. The van der Waals surface area contributed by atoms with Crippen LogP contribution >= 0.6 is 11.3 Å². The van der Waals surface area contributed by atoms with Crippen molar-refractivity contribution >= 4 is 33.3 Å². The van der Waals surface area contributed by atoms with Gasteiger partial charge in [-0.05, 0) is 45.2 Å². The number of carbonyl (C=O) groups excluding carboxylic acids is 1. The lowest BCUT2D eigenvalue weighted by Crippen LogP contribution is -2.16. The van der Waals surface area contributed by atoms with Gasteiger partial charge in [0.15, 0.2) is 9.84 Å². The van der Waals surface area contributed by atoms with Gasteiger partial charge in [0.25, 0.3) is 5.91 Å². The highest BCUT2D eigenvalue weighted by Crippen LogP contribution is 2.26. The maximum absolute atomic E-state index is 12.3. The first kappa shape index (κ1) is 19.8. The molecule has 1 saturated heterocycles. The SMILES string of the molecule is CCc1sc(C(=O)N/N=C\c2c(C)nn([C@H]3CCS(=O)(=O)C3)c2C)cc1C. The minimum Gasteiger partial charge on any atom is -0.266 e. The van der Waals surface area contributed by atoms with Gasteiger partial charge in [0.2, 0.25) is 0 Å². The molecule has 0 saturated carbocycles. The zero-order valence-electron chi connectivity index (χ0n) is 15.9. The Morgan fingerprint density at radius 3 is 2.78 bits per heavy atom. The van der Waals surface area contributed by atoms with Gasteiger partial charge in [-0.1, -0.05) is 6.92 Å². The Morgan fingerprint density at radius 1 is 1.44 bits per heavy atom. The fourth-order valence-corrected chi connectivity index (χ4v) is 6.08. The van der Waals surface area contributed by atoms with Gasteiger partial charge in [-0.15, -0.1) is 11.3 Å². The van der Waals surface area contributed by atoms with E-state index in [0.717, 1.165) is 28.9 Å². The molecule has 0 aromatic carbocycles. The average Bonchev–Trinajstić information content (AvgIpc) is 3.24. The Bertz CT molecular complexity index is 1000. The van der Waals surface area contributed by atoms with Gasteiger partial charge in [0.1, 0.15) is 0 Å². The number of hydrogen-bond donors (Lipinski definition) is 1. The van der Waals surface area contributed by atoms with Crippen molar-refractivity contribution in [3.8, 4) is 0 Å². The van der Waals surface area contributed by atoms with E-state index in [1.807, 2.05) is 26.8 Å². The standard InChI is InChI=1S/C18H24N4O3S2/c1-5-16-11(2)8-17(26-16)18(23)20-19-9-15-12(3)21-22(13(15)4)14-6-7-27(24,25)10-14/h8-9,14H,5-7,10H2,1-4H3,(H,20,23)/b19-9-/t14-/m0/s1. The highest BCUT2D eigenvalue weighted by molar-refractivity contribution is 7.91. The van der Waals surface area contributed by atoms with Crippen molar-refractivity contribution in [1.29, 1.82) is 0 Å². The second-order valence-electron chi connectivity index (χ2n) is 6.86. The fourth-order valence-electron chi connectivity index (χ4n) is 3.38. The molecule has 3 rings (SSSR count). The summed E-state index contributed by atoms with van der Waals surface area (Å²) in [6, 6.07) is 1.75. The largest absolute Gasteiger partial charge is 0.281 e. The van der Waals surface area contributed by atoms with E-state index in [-0.39, 0.29) is 23.5 Å². The summed E-state index contributed by atoms with van der Waals surface area (Å²) in [5, 5.41) is 8.57. The highest BCUT2D eigenvalue weighted by atomic mass is 32.2. The lowest BCUT2D eigenvalue weighted by molar-refractivity contribution is 0.0959. The molecule has 7 nitrogen and oxygen atoms in total. The van der Waals surface area contributed by atoms with Gasteiger partial charge in [-0.25, -0.2) is 13.8 Å². The summed E-state index contributed by atoms with van der Waals surface area (Å²) in [6.07, 6.45) is 3.06. The van der Waals surface area contributed by atoms with Crippen LogP contribution in [0.4, 0.5) is 0 Å². The summed E-state index contributed by atoms with van der Waals surface area (Å²) in [5.41, 5.74) is 6.10. The summed E-state index contributed by atoms with van der Waals surface area (Å²) in [5.74, 6) is 0.0959. The molecule has 2 aromatic heterocycles. The predicted molar refractivity (Wildman–Crippen MR) is 108 cm³/mol. The maximum atomic E-state index is 12.3. The third-order valence-corrected chi connectivity index (χ3v) is 7.99. The number of aromatic nitrogens is 2. The minimum atomic E-state index is -2.98. The first-order valence-electron chi connectivity index (χ1n) is 8.90. The number of hydrogen-bond acceptors (Lipinski definition) is 6. The van der Waals surface area contributed by atoms with Crippen LogP contribution in [-0.2, 0) is 16.3 Å². The normalized spacial score (nSPS) is 19.0. The number of nitrogens with one attached hydrogen (secondary N) is 1. The molecule has 9 heteroatoms. The smallest absolute Gasteiger partial charge is 0.266 e. The molecule has 1 atom stereocenters. The summed E-state index contributed by atoms with van der Waals surface area (Å²) < 4.78 is 25.2. The lowest BCUT2D eigenvalue weighted by atomic mass is 10.2. The Morgan fingerprint density at radius 2 is 2.19 bits per heavy atom. The summed E-state index contributed by atoms with van der Waals surface area (Å²) in [7, 11) is -2.98. The highest BCUT2D eigenvalue weighted by Gasteiger charge is 2.31. The van der Waals surface area contributed by atoms with E-state index in [9.17, 15) is 13.2 Å². The third kappa shape index (κ3) is 4.14. The number of aryl methyl sites for hydroxylation is 3. The van der Waals surface area contributed by atoms with Crippen LogP contribution in [0.5, 0.6) is 0 Å². The molecule has 0 bridgehead atoms.